The van der Waals surface area contributed by atoms with Crippen molar-refractivity contribution in [2.24, 2.45) is 5.73 Å². The van der Waals surface area contributed by atoms with Crippen LogP contribution in [0, 0.1) is 0 Å². The summed E-state index contributed by atoms with van der Waals surface area (Å²) in [6, 6.07) is 8.06. The molecular formula is C14H23NO2. The summed E-state index contributed by atoms with van der Waals surface area (Å²) < 4.78 is 5.62. The van der Waals surface area contributed by atoms with Crippen molar-refractivity contribution in [2.75, 3.05) is 13.2 Å². The Morgan fingerprint density at radius 2 is 2.12 bits per heavy atom. The maximum Gasteiger partial charge on any atom is 0.119 e. The van der Waals surface area contributed by atoms with Gasteiger partial charge in [0.2, 0.25) is 0 Å². The van der Waals surface area contributed by atoms with Gasteiger partial charge in [-0.05, 0) is 30.5 Å². The molecule has 3 heteroatoms. The van der Waals surface area contributed by atoms with E-state index in [0.29, 0.717) is 18.9 Å². The highest BCUT2D eigenvalue weighted by Crippen LogP contribution is 2.20. The third-order valence-electron chi connectivity index (χ3n) is 2.87. The van der Waals surface area contributed by atoms with E-state index in [1.165, 1.54) is 5.56 Å². The van der Waals surface area contributed by atoms with Crippen molar-refractivity contribution in [3.63, 3.8) is 0 Å². The van der Waals surface area contributed by atoms with Crippen molar-refractivity contribution in [1.29, 1.82) is 0 Å². The quantitative estimate of drug-likeness (QED) is 0.798. The Labute approximate surface area is 104 Å². The third kappa shape index (κ3) is 4.75. The summed E-state index contributed by atoms with van der Waals surface area (Å²) in [5, 5.41) is 9.74. The van der Waals surface area contributed by atoms with Gasteiger partial charge in [0.15, 0.2) is 0 Å². The number of hydrogen-bond acceptors (Lipinski definition) is 3. The standard InChI is InChI=1S/C14H23NO2/c1-11(2)12-5-4-6-13(9-12)17-8-7-14(3,16)10-15/h4-6,9,11,16H,7-8,10,15H2,1-3H3. The SMILES string of the molecule is CC(C)c1cccc(OCCC(C)(O)CN)c1. The van der Waals surface area contributed by atoms with Gasteiger partial charge in [-0.25, -0.2) is 0 Å². The van der Waals surface area contributed by atoms with Gasteiger partial charge >= 0.3 is 0 Å². The van der Waals surface area contributed by atoms with E-state index < -0.39 is 5.60 Å². The van der Waals surface area contributed by atoms with Gasteiger partial charge in [0.05, 0.1) is 12.2 Å². The molecule has 0 aliphatic carbocycles. The lowest BCUT2D eigenvalue weighted by atomic mass is 10.0. The summed E-state index contributed by atoms with van der Waals surface area (Å²) in [5.41, 5.74) is 5.86. The average Bonchev–Trinajstić information content (AvgIpc) is 2.29. The van der Waals surface area contributed by atoms with Gasteiger partial charge in [0.1, 0.15) is 5.75 Å². The molecule has 0 heterocycles. The van der Waals surface area contributed by atoms with E-state index in [9.17, 15) is 5.11 Å². The second-order valence-corrected chi connectivity index (χ2v) is 5.03. The van der Waals surface area contributed by atoms with E-state index in [4.69, 9.17) is 10.5 Å². The Morgan fingerprint density at radius 1 is 1.41 bits per heavy atom. The van der Waals surface area contributed by atoms with Crippen LogP contribution in [-0.4, -0.2) is 23.9 Å². The second-order valence-electron chi connectivity index (χ2n) is 5.03. The first-order valence-corrected chi connectivity index (χ1v) is 6.10. The van der Waals surface area contributed by atoms with Crippen LogP contribution < -0.4 is 10.5 Å². The number of hydrogen-bond donors (Lipinski definition) is 2. The van der Waals surface area contributed by atoms with Gasteiger partial charge in [-0.15, -0.1) is 0 Å². The molecule has 0 aliphatic rings. The number of nitrogens with two attached hydrogens (primary N) is 1. The molecule has 1 aromatic carbocycles. The van der Waals surface area contributed by atoms with E-state index in [2.05, 4.69) is 19.9 Å². The van der Waals surface area contributed by atoms with E-state index >= 15 is 0 Å². The fourth-order valence-corrected chi connectivity index (χ4v) is 1.45. The predicted octanol–water partition coefficient (Wildman–Crippen LogP) is 2.29. The summed E-state index contributed by atoms with van der Waals surface area (Å²) in [6.07, 6.45) is 0.537. The van der Waals surface area contributed by atoms with Gasteiger partial charge in [-0.1, -0.05) is 26.0 Å². The first kappa shape index (κ1) is 14.0. The lowest BCUT2D eigenvalue weighted by Gasteiger charge is -2.21. The minimum atomic E-state index is -0.838. The predicted molar refractivity (Wildman–Crippen MR) is 70.3 cm³/mol. The van der Waals surface area contributed by atoms with Crippen LogP contribution >= 0.6 is 0 Å². The van der Waals surface area contributed by atoms with E-state index in [1.54, 1.807) is 6.92 Å². The van der Waals surface area contributed by atoms with Gasteiger partial charge in [0, 0.05) is 13.0 Å². The molecule has 0 fully saturated rings. The number of aliphatic hydroxyl groups is 1. The van der Waals surface area contributed by atoms with E-state index in [0.717, 1.165) is 5.75 Å². The highest BCUT2D eigenvalue weighted by molar-refractivity contribution is 5.30. The highest BCUT2D eigenvalue weighted by Gasteiger charge is 2.17. The molecule has 0 radical (unpaired) electrons. The Morgan fingerprint density at radius 3 is 2.71 bits per heavy atom. The molecule has 3 N–H and O–H groups in total. The second kappa shape index (κ2) is 6.03. The van der Waals surface area contributed by atoms with Crippen LogP contribution in [-0.2, 0) is 0 Å². The van der Waals surface area contributed by atoms with Crippen molar-refractivity contribution < 1.29 is 9.84 Å². The Hall–Kier alpha value is -1.06. The summed E-state index contributed by atoms with van der Waals surface area (Å²) in [4.78, 5) is 0. The topological polar surface area (TPSA) is 55.5 Å². The van der Waals surface area contributed by atoms with Crippen LogP contribution in [0.1, 0.15) is 38.7 Å². The molecule has 0 saturated heterocycles. The van der Waals surface area contributed by atoms with Crippen LogP contribution in [0.15, 0.2) is 24.3 Å². The first-order valence-electron chi connectivity index (χ1n) is 6.10. The van der Waals surface area contributed by atoms with E-state index in [-0.39, 0.29) is 6.54 Å². The third-order valence-corrected chi connectivity index (χ3v) is 2.87. The molecule has 0 spiro atoms. The Kier molecular flexibility index (Phi) is 4.97. The number of benzene rings is 1. The van der Waals surface area contributed by atoms with Crippen molar-refractivity contribution in [1.82, 2.24) is 0 Å². The molecule has 0 bridgehead atoms. The van der Waals surface area contributed by atoms with Crippen LogP contribution in [0.2, 0.25) is 0 Å². The van der Waals surface area contributed by atoms with E-state index in [1.807, 2.05) is 18.2 Å². The maximum absolute atomic E-state index is 9.74. The molecule has 17 heavy (non-hydrogen) atoms. The smallest absolute Gasteiger partial charge is 0.119 e. The average molecular weight is 237 g/mol. The molecule has 1 atom stereocenters. The van der Waals surface area contributed by atoms with Crippen LogP contribution in [0.5, 0.6) is 5.75 Å². The molecule has 0 saturated carbocycles. The molecule has 0 amide bonds. The first-order chi connectivity index (χ1) is 7.94. The molecule has 1 unspecified atom stereocenters. The fraction of sp³-hybridized carbons (Fsp3) is 0.571. The molecule has 3 nitrogen and oxygen atoms in total. The van der Waals surface area contributed by atoms with Crippen molar-refractivity contribution >= 4 is 0 Å². The van der Waals surface area contributed by atoms with Crippen LogP contribution in [0.4, 0.5) is 0 Å². The minimum absolute atomic E-state index is 0.252. The summed E-state index contributed by atoms with van der Waals surface area (Å²) in [7, 11) is 0. The van der Waals surface area contributed by atoms with Crippen molar-refractivity contribution in [3.05, 3.63) is 29.8 Å². The van der Waals surface area contributed by atoms with Gasteiger partial charge in [-0.2, -0.15) is 0 Å². The van der Waals surface area contributed by atoms with Gasteiger partial charge in [-0.3, -0.25) is 0 Å². The molecule has 0 aromatic heterocycles. The molecular weight excluding hydrogens is 214 g/mol. The summed E-state index contributed by atoms with van der Waals surface area (Å²) in [6.45, 7) is 6.76. The minimum Gasteiger partial charge on any atom is -0.493 e. The lowest BCUT2D eigenvalue weighted by molar-refractivity contribution is 0.0453. The summed E-state index contributed by atoms with van der Waals surface area (Å²) >= 11 is 0. The largest absolute Gasteiger partial charge is 0.493 e. The zero-order chi connectivity index (χ0) is 12.9. The molecule has 96 valence electrons. The summed E-state index contributed by atoms with van der Waals surface area (Å²) in [5.74, 6) is 1.34. The lowest BCUT2D eigenvalue weighted by Crippen LogP contribution is -2.35. The fourth-order valence-electron chi connectivity index (χ4n) is 1.45. The van der Waals surface area contributed by atoms with Crippen LogP contribution in [0.3, 0.4) is 0 Å². The Balaban J connectivity index is 2.50. The normalized spacial score (nSPS) is 14.7. The van der Waals surface area contributed by atoms with Crippen LogP contribution in [0.25, 0.3) is 0 Å². The molecule has 1 aromatic rings. The zero-order valence-corrected chi connectivity index (χ0v) is 10.9. The number of ether oxygens (including phenoxy) is 1. The maximum atomic E-state index is 9.74. The van der Waals surface area contributed by atoms with Gasteiger partial charge in [0.25, 0.3) is 0 Å². The Bertz CT molecular complexity index is 348. The monoisotopic (exact) mass is 237 g/mol. The van der Waals surface area contributed by atoms with Crippen molar-refractivity contribution in [2.45, 2.75) is 38.7 Å². The highest BCUT2D eigenvalue weighted by atomic mass is 16.5. The van der Waals surface area contributed by atoms with Crippen molar-refractivity contribution in [3.8, 4) is 5.75 Å². The molecule has 1 rings (SSSR count). The van der Waals surface area contributed by atoms with Gasteiger partial charge < -0.3 is 15.6 Å². The molecule has 0 aliphatic heterocycles. The zero-order valence-electron chi connectivity index (χ0n) is 10.9. The number of rotatable bonds is 6.